The maximum atomic E-state index is 14.2. The second kappa shape index (κ2) is 9.05. The molecule has 1 amide bonds. The van der Waals surface area contributed by atoms with Crippen LogP contribution < -0.4 is 5.32 Å². The third-order valence-corrected chi connectivity index (χ3v) is 7.09. The van der Waals surface area contributed by atoms with Gasteiger partial charge in [0.1, 0.15) is 10.7 Å². The van der Waals surface area contributed by atoms with E-state index in [4.69, 9.17) is 4.74 Å². The Hall–Kier alpha value is -1.59. The molecule has 0 spiro atoms. The van der Waals surface area contributed by atoms with Crippen LogP contribution in [0.4, 0.5) is 4.39 Å². The summed E-state index contributed by atoms with van der Waals surface area (Å²) in [5.41, 5.74) is -1.14. The first-order valence-corrected chi connectivity index (χ1v) is 11.2. The first-order valence-electron chi connectivity index (χ1n) is 9.79. The third kappa shape index (κ3) is 5.52. The van der Waals surface area contributed by atoms with Crippen molar-refractivity contribution in [2.75, 3.05) is 52.5 Å². The summed E-state index contributed by atoms with van der Waals surface area (Å²) in [5, 5.41) is 13.2. The van der Waals surface area contributed by atoms with Gasteiger partial charge in [-0.25, -0.2) is 12.8 Å². The van der Waals surface area contributed by atoms with Gasteiger partial charge in [-0.2, -0.15) is 4.31 Å². The van der Waals surface area contributed by atoms with Crippen LogP contribution in [0, 0.1) is 5.82 Å². The molecule has 0 aromatic heterocycles. The second-order valence-electron chi connectivity index (χ2n) is 7.82. The Bertz CT molecular complexity index is 834. The zero-order valence-electron chi connectivity index (χ0n) is 16.6. The molecule has 1 aromatic carbocycles. The van der Waals surface area contributed by atoms with Gasteiger partial charge in [-0.1, -0.05) is 0 Å². The Morgan fingerprint density at radius 3 is 2.55 bits per heavy atom. The highest BCUT2D eigenvalue weighted by molar-refractivity contribution is 7.89. The van der Waals surface area contributed by atoms with Crippen LogP contribution in [-0.4, -0.2) is 86.7 Å². The Labute approximate surface area is 170 Å². The number of ether oxygens (including phenoxy) is 1. The van der Waals surface area contributed by atoms with E-state index in [0.29, 0.717) is 45.9 Å². The topological polar surface area (TPSA) is 99.2 Å². The fraction of sp³-hybridized carbons (Fsp3) is 0.632. The molecule has 29 heavy (non-hydrogen) atoms. The fourth-order valence-electron chi connectivity index (χ4n) is 3.58. The largest absolute Gasteiger partial charge is 0.387 e. The molecular formula is C19H28FN3O5S. The van der Waals surface area contributed by atoms with Gasteiger partial charge in [0.15, 0.2) is 0 Å². The number of nitrogens with zero attached hydrogens (tertiary/aromatic N) is 2. The summed E-state index contributed by atoms with van der Waals surface area (Å²) in [6, 6.07) is 3.29. The minimum atomic E-state index is -3.98. The van der Waals surface area contributed by atoms with E-state index in [1.54, 1.807) is 6.92 Å². The number of carbonyl (C=O) groups is 1. The number of β-amino-alcohol motifs (C(OH)–C–C–N with tert-alkyl or cyclic N) is 1. The van der Waals surface area contributed by atoms with E-state index in [1.807, 2.05) is 4.90 Å². The van der Waals surface area contributed by atoms with Crippen molar-refractivity contribution >= 4 is 15.9 Å². The molecule has 8 nitrogen and oxygen atoms in total. The average molecular weight is 430 g/mol. The van der Waals surface area contributed by atoms with Gasteiger partial charge in [-0.05, 0) is 38.0 Å². The van der Waals surface area contributed by atoms with Crippen molar-refractivity contribution in [1.29, 1.82) is 0 Å². The summed E-state index contributed by atoms with van der Waals surface area (Å²) in [6.45, 7) is 5.30. The predicted octanol–water partition coefficient (Wildman–Crippen LogP) is 0.423. The van der Waals surface area contributed by atoms with Crippen molar-refractivity contribution in [3.05, 3.63) is 29.6 Å². The van der Waals surface area contributed by atoms with Gasteiger partial charge in [-0.3, -0.25) is 9.69 Å². The molecule has 2 fully saturated rings. The number of aliphatic hydroxyl groups is 1. The van der Waals surface area contributed by atoms with Crippen LogP contribution in [0.3, 0.4) is 0 Å². The summed E-state index contributed by atoms with van der Waals surface area (Å²) >= 11 is 0. The van der Waals surface area contributed by atoms with Crippen LogP contribution in [0.2, 0.25) is 0 Å². The highest BCUT2D eigenvalue weighted by Crippen LogP contribution is 2.24. The summed E-state index contributed by atoms with van der Waals surface area (Å²) < 4.78 is 46.1. The van der Waals surface area contributed by atoms with Crippen molar-refractivity contribution in [2.24, 2.45) is 0 Å². The lowest BCUT2D eigenvalue weighted by atomic mass is 10.1. The number of hydrogen-bond donors (Lipinski definition) is 2. The van der Waals surface area contributed by atoms with E-state index in [-0.39, 0.29) is 12.1 Å². The Balaban J connectivity index is 1.66. The van der Waals surface area contributed by atoms with Gasteiger partial charge < -0.3 is 15.2 Å². The minimum absolute atomic E-state index is 0.0191. The zero-order valence-corrected chi connectivity index (χ0v) is 17.4. The number of carbonyl (C=O) groups excluding carboxylic acids is 1. The molecule has 1 unspecified atom stereocenters. The van der Waals surface area contributed by atoms with Gasteiger partial charge in [0.2, 0.25) is 10.0 Å². The van der Waals surface area contributed by atoms with Gasteiger partial charge >= 0.3 is 0 Å². The molecule has 2 aliphatic rings. The number of rotatable bonds is 7. The van der Waals surface area contributed by atoms with E-state index >= 15 is 0 Å². The first-order chi connectivity index (χ1) is 13.7. The highest BCUT2D eigenvalue weighted by Gasteiger charge is 2.31. The molecule has 2 heterocycles. The minimum Gasteiger partial charge on any atom is -0.387 e. The normalized spacial score (nSPS) is 21.1. The van der Waals surface area contributed by atoms with Gasteiger partial charge in [0, 0.05) is 44.8 Å². The predicted molar refractivity (Wildman–Crippen MR) is 105 cm³/mol. The second-order valence-corrected chi connectivity index (χ2v) is 9.73. The molecule has 2 aliphatic heterocycles. The first kappa shape index (κ1) is 22.1. The van der Waals surface area contributed by atoms with Crippen molar-refractivity contribution < 1.29 is 27.4 Å². The van der Waals surface area contributed by atoms with Crippen LogP contribution in [0.25, 0.3) is 0 Å². The van der Waals surface area contributed by atoms with Crippen LogP contribution in [-0.2, 0) is 14.8 Å². The summed E-state index contributed by atoms with van der Waals surface area (Å²) in [7, 11) is -3.98. The monoisotopic (exact) mass is 429 g/mol. The van der Waals surface area contributed by atoms with E-state index in [0.717, 1.165) is 25.0 Å². The summed E-state index contributed by atoms with van der Waals surface area (Å²) in [5.74, 6) is -1.45. The molecule has 1 atom stereocenters. The lowest BCUT2D eigenvalue weighted by Crippen LogP contribution is -2.51. The Morgan fingerprint density at radius 1 is 1.24 bits per heavy atom. The highest BCUT2D eigenvalue weighted by atomic mass is 32.2. The van der Waals surface area contributed by atoms with Crippen molar-refractivity contribution in [3.8, 4) is 0 Å². The van der Waals surface area contributed by atoms with E-state index < -0.39 is 32.2 Å². The van der Waals surface area contributed by atoms with E-state index in [2.05, 4.69) is 5.32 Å². The zero-order chi connectivity index (χ0) is 21.1. The quantitative estimate of drug-likeness (QED) is 0.652. The smallest absolute Gasteiger partial charge is 0.251 e. The number of morpholine rings is 1. The number of benzene rings is 1. The standard InChI is InChI=1S/C19H28FN3O5S/c1-19(25,14-22-8-10-28-11-9-22)13-21-18(24)15-4-5-16(20)17(12-15)29(26,27)23-6-2-3-7-23/h4-5,12,25H,2-3,6-11,13-14H2,1H3,(H,21,24). The number of hydrogen-bond acceptors (Lipinski definition) is 6. The average Bonchev–Trinajstić information content (AvgIpc) is 3.22. The molecule has 10 heteroatoms. The summed E-state index contributed by atoms with van der Waals surface area (Å²) in [4.78, 5) is 14.1. The Kier molecular flexibility index (Phi) is 6.90. The fourth-order valence-corrected chi connectivity index (χ4v) is 5.19. The molecule has 2 saturated heterocycles. The van der Waals surface area contributed by atoms with Crippen LogP contribution in [0.15, 0.2) is 23.1 Å². The van der Waals surface area contributed by atoms with Gasteiger partial charge in [-0.15, -0.1) is 0 Å². The van der Waals surface area contributed by atoms with Crippen LogP contribution in [0.5, 0.6) is 0 Å². The molecule has 3 rings (SSSR count). The maximum Gasteiger partial charge on any atom is 0.251 e. The van der Waals surface area contributed by atoms with Crippen molar-refractivity contribution in [3.63, 3.8) is 0 Å². The number of nitrogens with one attached hydrogen (secondary N) is 1. The molecule has 1 aromatic rings. The molecular weight excluding hydrogens is 401 g/mol. The maximum absolute atomic E-state index is 14.2. The molecule has 162 valence electrons. The van der Waals surface area contributed by atoms with Crippen molar-refractivity contribution in [2.45, 2.75) is 30.3 Å². The number of sulfonamides is 1. The number of amides is 1. The van der Waals surface area contributed by atoms with E-state index in [9.17, 15) is 22.7 Å². The molecule has 0 radical (unpaired) electrons. The van der Waals surface area contributed by atoms with Gasteiger partial charge in [0.05, 0.1) is 18.8 Å². The van der Waals surface area contributed by atoms with Crippen LogP contribution in [0.1, 0.15) is 30.1 Å². The third-order valence-electron chi connectivity index (χ3n) is 5.17. The molecule has 2 N–H and O–H groups in total. The molecule has 0 bridgehead atoms. The summed E-state index contributed by atoms with van der Waals surface area (Å²) in [6.07, 6.45) is 1.47. The van der Waals surface area contributed by atoms with Gasteiger partial charge in [0.25, 0.3) is 5.91 Å². The lowest BCUT2D eigenvalue weighted by molar-refractivity contribution is -0.0213. The Morgan fingerprint density at radius 2 is 1.90 bits per heavy atom. The number of halogens is 1. The van der Waals surface area contributed by atoms with Crippen LogP contribution >= 0.6 is 0 Å². The molecule has 0 saturated carbocycles. The van der Waals surface area contributed by atoms with E-state index in [1.165, 1.54) is 10.4 Å². The van der Waals surface area contributed by atoms with Crippen molar-refractivity contribution in [1.82, 2.24) is 14.5 Å². The molecule has 0 aliphatic carbocycles. The SMILES string of the molecule is CC(O)(CNC(=O)c1ccc(F)c(S(=O)(=O)N2CCCC2)c1)CN1CCOCC1. The lowest BCUT2D eigenvalue weighted by Gasteiger charge is -2.33.